The van der Waals surface area contributed by atoms with Crippen molar-refractivity contribution in [2.75, 3.05) is 16.0 Å². The molecule has 0 saturated heterocycles. The zero-order chi connectivity index (χ0) is 58.5. The van der Waals surface area contributed by atoms with Crippen LogP contribution in [0.2, 0.25) is 15.1 Å². The Morgan fingerprint density at radius 3 is 0.810 bits per heavy atom. The van der Waals surface area contributed by atoms with Gasteiger partial charge in [0.1, 0.15) is 0 Å². The number of hydrogen-bond donors (Lipinski definition) is 3. The average molecular weight is 1170 g/mol. The summed E-state index contributed by atoms with van der Waals surface area (Å²) in [6, 6.07) is 55.1. The number of benzene rings is 6. The van der Waals surface area contributed by atoms with Crippen molar-refractivity contribution >= 4 is 120 Å². The van der Waals surface area contributed by atoms with E-state index < -0.39 is 35.1 Å². The van der Waals surface area contributed by atoms with E-state index in [0.717, 1.165) is 49.4 Å². The third-order valence-corrected chi connectivity index (χ3v) is 14.1. The van der Waals surface area contributed by atoms with Crippen LogP contribution >= 0.6 is 34.8 Å². The largest absolute Gasteiger partial charge is 0.342 e. The number of anilines is 3. The lowest BCUT2D eigenvalue weighted by Crippen LogP contribution is -2.22. The molecule has 0 spiro atoms. The maximum absolute atomic E-state index is 12.8. The normalized spacial score (nSPS) is 10.8. The van der Waals surface area contributed by atoms with Crippen LogP contribution in [0.5, 0.6) is 0 Å². The third-order valence-electron chi connectivity index (χ3n) is 13.3. The number of carbonyl (C=O) groups is 6. The topological polar surface area (TPSA) is 192 Å². The number of carbonyl (C=O) groups excluding carboxylic acids is 6. The number of pyridine rings is 3. The Morgan fingerprint density at radius 2 is 0.560 bits per heavy atom. The highest BCUT2D eigenvalue weighted by molar-refractivity contribution is 6.49. The first-order valence-electron chi connectivity index (χ1n) is 26.1. The minimum Gasteiger partial charge on any atom is -0.342 e. The van der Waals surface area contributed by atoms with Crippen molar-refractivity contribution in [1.29, 1.82) is 0 Å². The van der Waals surface area contributed by atoms with E-state index >= 15 is 0 Å². The van der Waals surface area contributed by atoms with Crippen LogP contribution < -0.4 is 16.0 Å². The Morgan fingerprint density at radius 1 is 0.321 bits per heavy atom. The van der Waals surface area contributed by atoms with Gasteiger partial charge in [-0.1, -0.05) is 126 Å². The number of hydrogen-bond acceptors (Lipinski definition) is 9. The number of rotatable bonds is 15. The predicted octanol–water partition coefficient (Wildman–Crippen LogP) is 13.7. The Labute approximate surface area is 496 Å². The van der Waals surface area contributed by atoms with Crippen LogP contribution in [-0.2, 0) is 34.0 Å². The lowest BCUT2D eigenvalue weighted by atomic mass is 10.1. The molecule has 18 heteroatoms. The molecule has 0 atom stereocenters. The van der Waals surface area contributed by atoms with E-state index in [2.05, 4.69) is 30.9 Å². The van der Waals surface area contributed by atoms with E-state index in [1.54, 1.807) is 92.2 Å². The van der Waals surface area contributed by atoms with Gasteiger partial charge in [-0.2, -0.15) is 0 Å². The van der Waals surface area contributed by atoms with Gasteiger partial charge in [0.2, 0.25) is 0 Å². The van der Waals surface area contributed by atoms with Crippen LogP contribution in [0.4, 0.5) is 17.1 Å². The summed E-state index contributed by atoms with van der Waals surface area (Å²) in [5, 5.41) is 12.1. The van der Waals surface area contributed by atoms with Crippen molar-refractivity contribution in [3.8, 4) is 0 Å². The van der Waals surface area contributed by atoms with Gasteiger partial charge >= 0.3 is 0 Å². The summed E-state index contributed by atoms with van der Waals surface area (Å²) in [4.78, 5) is 87.5. The molecule has 6 heterocycles. The molecule has 414 valence electrons. The van der Waals surface area contributed by atoms with E-state index in [4.69, 9.17) is 34.8 Å². The fourth-order valence-electron chi connectivity index (χ4n) is 9.27. The van der Waals surface area contributed by atoms with Gasteiger partial charge in [0, 0.05) is 140 Å². The predicted molar refractivity (Wildman–Crippen MR) is 329 cm³/mol. The fraction of sp³-hybridized carbons (Fsp3) is 0.0455. The first kappa shape index (κ1) is 56.9. The Kier molecular flexibility index (Phi) is 18.0. The molecule has 12 rings (SSSR count). The van der Waals surface area contributed by atoms with Gasteiger partial charge in [-0.15, -0.1) is 0 Å². The molecule has 6 aromatic heterocycles. The number of ketones is 3. The molecule has 0 fully saturated rings. The summed E-state index contributed by atoms with van der Waals surface area (Å²) in [5.74, 6) is -3.78. The summed E-state index contributed by atoms with van der Waals surface area (Å²) >= 11 is 17.9. The standard InChI is InChI=1S/3C22H16ClN3O2/c3*23-16-7-5-15(6-8-16)13-26-14-19(18-3-1-2-4-20(18)26)21(27)22(28)25-17-9-11-24-12-10-17/h3*1-12,14H,13H2,(H,24,25,28). The molecule has 12 aromatic rings. The molecule has 15 nitrogen and oxygen atoms in total. The maximum Gasteiger partial charge on any atom is 0.296 e. The van der Waals surface area contributed by atoms with Gasteiger partial charge in [0.15, 0.2) is 0 Å². The summed E-state index contributed by atoms with van der Waals surface area (Å²) in [7, 11) is 0. The second-order valence-electron chi connectivity index (χ2n) is 19.0. The van der Waals surface area contributed by atoms with E-state index in [1.165, 1.54) is 0 Å². The van der Waals surface area contributed by atoms with Gasteiger partial charge in [-0.3, -0.25) is 43.7 Å². The van der Waals surface area contributed by atoms with Crippen molar-refractivity contribution in [2.45, 2.75) is 19.6 Å². The van der Waals surface area contributed by atoms with Crippen LogP contribution in [0, 0.1) is 0 Å². The van der Waals surface area contributed by atoms with Gasteiger partial charge in [-0.05, 0) is 108 Å². The minimum atomic E-state index is -0.680. The van der Waals surface area contributed by atoms with Gasteiger partial charge in [0.25, 0.3) is 35.1 Å². The molecule has 0 unspecified atom stereocenters. The smallest absolute Gasteiger partial charge is 0.296 e. The van der Waals surface area contributed by atoms with Crippen molar-refractivity contribution in [2.24, 2.45) is 0 Å². The molecule has 3 amide bonds. The van der Waals surface area contributed by atoms with Gasteiger partial charge in [-0.25, -0.2) is 0 Å². The number of amides is 3. The van der Waals surface area contributed by atoms with Crippen LogP contribution in [0.15, 0.2) is 238 Å². The van der Waals surface area contributed by atoms with E-state index in [1.807, 2.05) is 159 Å². The number of nitrogens with one attached hydrogen (secondary N) is 3. The first-order chi connectivity index (χ1) is 40.8. The first-order valence-corrected chi connectivity index (χ1v) is 27.2. The van der Waals surface area contributed by atoms with Crippen LogP contribution in [-0.4, -0.2) is 63.7 Å². The molecule has 0 saturated carbocycles. The summed E-state index contributed by atoms with van der Waals surface area (Å²) < 4.78 is 5.89. The number of fused-ring (bicyclic) bond motifs is 3. The molecular formula is C66H48Cl3N9O6. The van der Waals surface area contributed by atoms with E-state index in [0.29, 0.717) is 68.5 Å². The van der Waals surface area contributed by atoms with Crippen LogP contribution in [0.1, 0.15) is 47.8 Å². The van der Waals surface area contributed by atoms with Crippen molar-refractivity contribution in [3.63, 3.8) is 0 Å². The molecule has 6 aromatic carbocycles. The summed E-state index contributed by atoms with van der Waals surface area (Å²) in [6.07, 6.45) is 14.5. The molecule has 0 radical (unpaired) electrons. The van der Waals surface area contributed by atoms with Crippen molar-refractivity contribution in [3.05, 3.63) is 286 Å². The van der Waals surface area contributed by atoms with Gasteiger partial charge < -0.3 is 29.7 Å². The Hall–Kier alpha value is -10.3. The second kappa shape index (κ2) is 26.5. The lowest BCUT2D eigenvalue weighted by molar-refractivity contribution is -0.113. The fourth-order valence-corrected chi connectivity index (χ4v) is 9.65. The third kappa shape index (κ3) is 13.9. The van der Waals surface area contributed by atoms with Crippen LogP contribution in [0.3, 0.4) is 0 Å². The highest BCUT2D eigenvalue weighted by Gasteiger charge is 2.25. The second-order valence-corrected chi connectivity index (χ2v) is 20.3. The molecule has 84 heavy (non-hydrogen) atoms. The molecule has 0 aliphatic rings. The highest BCUT2D eigenvalue weighted by Crippen LogP contribution is 2.28. The molecule has 3 N–H and O–H groups in total. The quantitative estimate of drug-likeness (QED) is 0.0662. The van der Waals surface area contributed by atoms with Crippen molar-refractivity contribution < 1.29 is 28.8 Å². The zero-order valence-electron chi connectivity index (χ0n) is 44.4. The van der Waals surface area contributed by atoms with Crippen LogP contribution in [0.25, 0.3) is 32.7 Å². The van der Waals surface area contributed by atoms with E-state index in [-0.39, 0.29) is 0 Å². The number of halogens is 3. The average Bonchev–Trinajstić information content (AvgIpc) is 4.18. The molecule has 0 aliphatic carbocycles. The molecule has 0 bridgehead atoms. The summed E-state index contributed by atoms with van der Waals surface area (Å²) in [5.41, 5.74) is 8.49. The zero-order valence-corrected chi connectivity index (χ0v) is 46.7. The molecule has 0 aliphatic heterocycles. The summed E-state index contributed by atoms with van der Waals surface area (Å²) in [6.45, 7) is 1.70. The monoisotopic (exact) mass is 1170 g/mol. The Bertz CT molecular complexity index is 3900. The maximum atomic E-state index is 12.8. The number of Topliss-reactive ketones (excluding diaryl/α,β-unsaturated/α-hetero) is 3. The van der Waals surface area contributed by atoms with Crippen molar-refractivity contribution in [1.82, 2.24) is 28.7 Å². The number of nitrogens with zero attached hydrogens (tertiary/aromatic N) is 6. The van der Waals surface area contributed by atoms with Gasteiger partial charge in [0.05, 0.1) is 16.7 Å². The number of aromatic nitrogens is 6. The lowest BCUT2D eigenvalue weighted by Gasteiger charge is -2.05. The number of para-hydroxylation sites is 3. The Balaban J connectivity index is 0.000000140. The SMILES string of the molecule is O=C(Nc1ccncc1)C(=O)c1cn(Cc2ccc(Cl)cc2)c2ccccc12.O=C(Nc1ccncc1)C(=O)c1cn(Cc2ccc(Cl)cc2)c2ccccc12.O=C(Nc1ccncc1)C(=O)c1cn(Cc2ccc(Cl)cc2)c2ccccc12. The van der Waals surface area contributed by atoms with E-state index in [9.17, 15) is 28.8 Å². The molecular weight excluding hydrogens is 1120 g/mol. The minimum absolute atomic E-state index is 0.371. The highest BCUT2D eigenvalue weighted by atomic mass is 35.5.